The molecular weight excluding hydrogens is 324 g/mol. The van der Waals surface area contributed by atoms with Gasteiger partial charge in [0, 0.05) is 5.56 Å². The van der Waals surface area contributed by atoms with Gasteiger partial charge >= 0.3 is 5.97 Å². The predicted octanol–water partition coefficient (Wildman–Crippen LogP) is 3.37. The number of esters is 1. The molecule has 0 amide bonds. The van der Waals surface area contributed by atoms with E-state index in [4.69, 9.17) is 13.9 Å². The van der Waals surface area contributed by atoms with Gasteiger partial charge in [0.05, 0.1) is 7.11 Å². The van der Waals surface area contributed by atoms with E-state index in [1.165, 1.54) is 19.2 Å². The number of nitrogens with zero attached hydrogens (tertiary/aromatic N) is 2. The Hall–Kier alpha value is -3.35. The van der Waals surface area contributed by atoms with Gasteiger partial charge < -0.3 is 19.0 Å². The van der Waals surface area contributed by atoms with Crippen molar-refractivity contribution in [2.75, 3.05) is 7.11 Å². The zero-order valence-electron chi connectivity index (χ0n) is 13.7. The second-order valence-electron chi connectivity index (χ2n) is 5.24. The summed E-state index contributed by atoms with van der Waals surface area (Å²) in [6.45, 7) is 1.61. The van der Waals surface area contributed by atoms with Crippen LogP contribution in [0.5, 0.6) is 11.5 Å². The molecule has 7 nitrogen and oxygen atoms in total. The fourth-order valence-electron chi connectivity index (χ4n) is 2.18. The SMILES string of the molecule is COc1ccc(O)c(C(=O)OC(C)c2nnc(-c3ccccc3)o2)c1. The Morgan fingerprint density at radius 2 is 1.92 bits per heavy atom. The highest BCUT2D eigenvalue weighted by Crippen LogP contribution is 2.27. The van der Waals surface area contributed by atoms with Crippen molar-refractivity contribution >= 4 is 5.97 Å². The summed E-state index contributed by atoms with van der Waals surface area (Å²) >= 11 is 0. The lowest BCUT2D eigenvalue weighted by Gasteiger charge is -2.11. The van der Waals surface area contributed by atoms with Gasteiger partial charge in [0.1, 0.15) is 17.1 Å². The van der Waals surface area contributed by atoms with E-state index in [1.807, 2.05) is 30.3 Å². The van der Waals surface area contributed by atoms with E-state index in [2.05, 4.69) is 10.2 Å². The summed E-state index contributed by atoms with van der Waals surface area (Å²) in [5.41, 5.74) is 0.763. The summed E-state index contributed by atoms with van der Waals surface area (Å²) in [7, 11) is 1.47. The second-order valence-corrected chi connectivity index (χ2v) is 5.24. The van der Waals surface area contributed by atoms with E-state index in [1.54, 1.807) is 13.0 Å². The molecule has 3 rings (SSSR count). The molecule has 1 atom stereocenters. The van der Waals surface area contributed by atoms with Crippen molar-refractivity contribution in [1.82, 2.24) is 10.2 Å². The Labute approximate surface area is 143 Å². The van der Waals surface area contributed by atoms with Crippen molar-refractivity contribution in [2.45, 2.75) is 13.0 Å². The van der Waals surface area contributed by atoms with Gasteiger partial charge in [-0.2, -0.15) is 0 Å². The number of phenolic OH excluding ortho intramolecular Hbond substituents is 1. The molecule has 0 aliphatic carbocycles. The standard InChI is InChI=1S/C18H16N2O5/c1-11(16-19-20-17(25-16)12-6-4-3-5-7-12)24-18(22)14-10-13(23-2)8-9-15(14)21/h3-11,21H,1-2H3. The van der Waals surface area contributed by atoms with E-state index in [9.17, 15) is 9.90 Å². The third-order valence-corrected chi connectivity index (χ3v) is 3.52. The van der Waals surface area contributed by atoms with Crippen LogP contribution in [0.4, 0.5) is 0 Å². The first-order valence-corrected chi connectivity index (χ1v) is 7.55. The molecule has 2 aromatic carbocycles. The minimum Gasteiger partial charge on any atom is -0.507 e. The molecule has 0 aliphatic rings. The maximum absolute atomic E-state index is 12.3. The Bertz CT molecular complexity index is 876. The molecule has 0 radical (unpaired) electrons. The van der Waals surface area contributed by atoms with E-state index < -0.39 is 12.1 Å². The van der Waals surface area contributed by atoms with E-state index >= 15 is 0 Å². The zero-order valence-corrected chi connectivity index (χ0v) is 13.7. The first kappa shape index (κ1) is 16.5. The van der Waals surface area contributed by atoms with E-state index in [0.717, 1.165) is 5.56 Å². The van der Waals surface area contributed by atoms with Crippen LogP contribution in [0.1, 0.15) is 29.3 Å². The van der Waals surface area contributed by atoms with Gasteiger partial charge in [-0.3, -0.25) is 0 Å². The highest BCUT2D eigenvalue weighted by atomic mass is 16.6. The summed E-state index contributed by atoms with van der Waals surface area (Å²) in [5, 5.41) is 17.7. The van der Waals surface area contributed by atoms with Crippen LogP contribution in [0.25, 0.3) is 11.5 Å². The number of hydrogen-bond donors (Lipinski definition) is 1. The first-order valence-electron chi connectivity index (χ1n) is 7.55. The summed E-state index contributed by atoms with van der Waals surface area (Å²) in [4.78, 5) is 12.3. The molecule has 1 unspecified atom stereocenters. The van der Waals surface area contributed by atoms with Crippen LogP contribution in [0.15, 0.2) is 52.9 Å². The third-order valence-electron chi connectivity index (χ3n) is 3.52. The molecule has 128 valence electrons. The monoisotopic (exact) mass is 340 g/mol. The van der Waals surface area contributed by atoms with Crippen LogP contribution in [-0.4, -0.2) is 28.4 Å². The highest BCUT2D eigenvalue weighted by Gasteiger charge is 2.22. The average Bonchev–Trinajstić information content (AvgIpc) is 3.13. The number of phenols is 1. The lowest BCUT2D eigenvalue weighted by molar-refractivity contribution is 0.0276. The molecule has 7 heteroatoms. The van der Waals surface area contributed by atoms with Crippen LogP contribution >= 0.6 is 0 Å². The van der Waals surface area contributed by atoms with Gasteiger partial charge in [0.25, 0.3) is 5.89 Å². The Kier molecular flexibility index (Phi) is 4.65. The van der Waals surface area contributed by atoms with Crippen LogP contribution in [0, 0.1) is 0 Å². The number of hydrogen-bond acceptors (Lipinski definition) is 7. The normalized spacial score (nSPS) is 11.8. The van der Waals surface area contributed by atoms with Crippen molar-refractivity contribution in [3.05, 3.63) is 60.0 Å². The summed E-state index contributed by atoms with van der Waals surface area (Å²) < 4.78 is 15.9. The van der Waals surface area contributed by atoms with Gasteiger partial charge in [-0.15, -0.1) is 10.2 Å². The number of benzene rings is 2. The minimum absolute atomic E-state index is 0.00556. The molecule has 0 spiro atoms. The lowest BCUT2D eigenvalue weighted by atomic mass is 10.2. The first-order chi connectivity index (χ1) is 12.1. The number of aromatic hydroxyl groups is 1. The third kappa shape index (κ3) is 3.60. The van der Waals surface area contributed by atoms with Crippen molar-refractivity contribution in [2.24, 2.45) is 0 Å². The zero-order chi connectivity index (χ0) is 17.8. The number of carbonyl (C=O) groups excluding carboxylic acids is 1. The van der Waals surface area contributed by atoms with Gasteiger partial charge in [-0.25, -0.2) is 4.79 Å². The van der Waals surface area contributed by atoms with Gasteiger partial charge in [0.2, 0.25) is 5.89 Å². The maximum atomic E-state index is 12.3. The Balaban J connectivity index is 1.75. The van der Waals surface area contributed by atoms with Crippen molar-refractivity contribution < 1.29 is 23.8 Å². The molecule has 0 fully saturated rings. The lowest BCUT2D eigenvalue weighted by Crippen LogP contribution is -2.10. The Morgan fingerprint density at radius 3 is 2.64 bits per heavy atom. The van der Waals surface area contributed by atoms with Crippen molar-refractivity contribution in [3.8, 4) is 23.0 Å². The molecule has 0 saturated heterocycles. The molecule has 1 N–H and O–H groups in total. The molecule has 1 aromatic heterocycles. The maximum Gasteiger partial charge on any atom is 0.342 e. The number of ether oxygens (including phenoxy) is 2. The number of carbonyl (C=O) groups is 1. The molecule has 0 aliphatic heterocycles. The molecule has 0 saturated carbocycles. The summed E-state index contributed by atoms with van der Waals surface area (Å²) in [6, 6.07) is 13.6. The number of methoxy groups -OCH3 is 1. The summed E-state index contributed by atoms with van der Waals surface area (Å²) in [5.74, 6) is 0.00994. The van der Waals surface area contributed by atoms with Gasteiger partial charge in [-0.05, 0) is 37.3 Å². The smallest absolute Gasteiger partial charge is 0.342 e. The van der Waals surface area contributed by atoms with E-state index in [0.29, 0.717) is 11.6 Å². The van der Waals surface area contributed by atoms with Gasteiger partial charge in [0.15, 0.2) is 6.10 Å². The fourth-order valence-corrected chi connectivity index (χ4v) is 2.18. The van der Waals surface area contributed by atoms with Crippen LogP contribution in [0.3, 0.4) is 0 Å². The van der Waals surface area contributed by atoms with Gasteiger partial charge in [-0.1, -0.05) is 18.2 Å². The Morgan fingerprint density at radius 1 is 1.16 bits per heavy atom. The average molecular weight is 340 g/mol. The quantitative estimate of drug-likeness (QED) is 0.711. The van der Waals surface area contributed by atoms with Crippen LogP contribution in [-0.2, 0) is 4.74 Å². The summed E-state index contributed by atoms with van der Waals surface area (Å²) in [6.07, 6.45) is -0.775. The molecule has 25 heavy (non-hydrogen) atoms. The minimum atomic E-state index is -0.775. The number of aromatic nitrogens is 2. The second kappa shape index (κ2) is 7.04. The topological polar surface area (TPSA) is 94.7 Å². The molecular formula is C18H16N2O5. The fraction of sp³-hybridized carbons (Fsp3) is 0.167. The molecule has 1 heterocycles. The van der Waals surface area contributed by atoms with Crippen LogP contribution < -0.4 is 4.74 Å². The highest BCUT2D eigenvalue weighted by molar-refractivity contribution is 5.93. The predicted molar refractivity (Wildman–Crippen MR) is 88.2 cm³/mol. The van der Waals surface area contributed by atoms with Crippen molar-refractivity contribution in [1.29, 1.82) is 0 Å². The number of rotatable bonds is 5. The van der Waals surface area contributed by atoms with Crippen molar-refractivity contribution in [3.63, 3.8) is 0 Å². The van der Waals surface area contributed by atoms with E-state index in [-0.39, 0.29) is 17.2 Å². The van der Waals surface area contributed by atoms with Crippen LogP contribution in [0.2, 0.25) is 0 Å². The largest absolute Gasteiger partial charge is 0.507 e. The molecule has 0 bridgehead atoms. The molecule has 3 aromatic rings.